The van der Waals surface area contributed by atoms with E-state index in [1.807, 2.05) is 18.2 Å². The van der Waals surface area contributed by atoms with Gasteiger partial charge < -0.3 is 10.1 Å². The molecule has 1 heterocycles. The van der Waals surface area contributed by atoms with Gasteiger partial charge in [0.25, 0.3) is 5.91 Å². The van der Waals surface area contributed by atoms with Gasteiger partial charge >= 0.3 is 0 Å². The molecule has 28 heavy (non-hydrogen) atoms. The lowest BCUT2D eigenvalue weighted by Crippen LogP contribution is -2.47. The third-order valence-electron chi connectivity index (χ3n) is 5.56. The smallest absolute Gasteiger partial charge is 0.251 e. The van der Waals surface area contributed by atoms with Gasteiger partial charge in [0.2, 0.25) is 10.0 Å². The van der Waals surface area contributed by atoms with Crippen molar-refractivity contribution in [1.82, 2.24) is 9.62 Å². The fourth-order valence-electron chi connectivity index (χ4n) is 4.20. The van der Waals surface area contributed by atoms with Crippen molar-refractivity contribution in [1.29, 1.82) is 0 Å². The molecule has 0 unspecified atom stereocenters. The number of hydrogen-bond acceptors (Lipinski definition) is 4. The normalized spacial score (nSPS) is 24.3. The van der Waals surface area contributed by atoms with E-state index in [0.717, 1.165) is 6.42 Å². The molecule has 1 aliphatic carbocycles. The van der Waals surface area contributed by atoms with Crippen molar-refractivity contribution in [2.24, 2.45) is 5.92 Å². The van der Waals surface area contributed by atoms with Crippen LogP contribution in [0.3, 0.4) is 0 Å². The predicted octanol–water partition coefficient (Wildman–Crippen LogP) is 2.93. The summed E-state index contributed by atoms with van der Waals surface area (Å²) in [6.45, 7) is 0.377. The number of nitrogens with one attached hydrogen (secondary N) is 1. The Labute approximate surface area is 169 Å². The number of hydrogen-bond donors (Lipinski definition) is 1. The van der Waals surface area contributed by atoms with Crippen LogP contribution < -0.4 is 10.1 Å². The molecule has 2 fully saturated rings. The van der Waals surface area contributed by atoms with Gasteiger partial charge in [-0.2, -0.15) is 4.31 Å². The van der Waals surface area contributed by atoms with Gasteiger partial charge in [0.15, 0.2) is 0 Å². The summed E-state index contributed by atoms with van der Waals surface area (Å²) in [5.41, 5.74) is 0.610. The highest BCUT2D eigenvalue weighted by atomic mass is 35.5. The molecular weight excluding hydrogens is 400 g/mol. The van der Waals surface area contributed by atoms with Gasteiger partial charge in [0.05, 0.1) is 7.11 Å². The summed E-state index contributed by atoms with van der Waals surface area (Å²) in [6, 6.07) is 13.5. The molecule has 148 valence electrons. The number of fused-ring (bicyclic) bond motifs is 2. The monoisotopic (exact) mass is 420 g/mol. The number of rotatable bonds is 5. The number of halogens is 1. The summed E-state index contributed by atoms with van der Waals surface area (Å²) in [7, 11) is -2.29. The number of amides is 1. The van der Waals surface area contributed by atoms with Crippen LogP contribution in [0.4, 0.5) is 0 Å². The van der Waals surface area contributed by atoms with Crippen LogP contribution in [0.1, 0.15) is 23.2 Å². The van der Waals surface area contributed by atoms with Gasteiger partial charge in [0, 0.05) is 29.2 Å². The molecule has 8 heteroatoms. The highest BCUT2D eigenvalue weighted by Crippen LogP contribution is 2.42. The fraction of sp³-hybridized carbons (Fsp3) is 0.350. The summed E-state index contributed by atoms with van der Waals surface area (Å²) in [5.74, 6) is 0.253. The third-order valence-corrected chi connectivity index (χ3v) is 7.73. The minimum atomic E-state index is -3.73. The molecule has 2 aliphatic rings. The van der Waals surface area contributed by atoms with Gasteiger partial charge in [0.1, 0.15) is 10.6 Å². The average Bonchev–Trinajstić information content (AvgIpc) is 3.29. The topological polar surface area (TPSA) is 75.7 Å². The number of carbonyl (C=O) groups is 1. The van der Waals surface area contributed by atoms with Crippen LogP contribution in [0.2, 0.25) is 5.02 Å². The van der Waals surface area contributed by atoms with Crippen LogP contribution in [0.15, 0.2) is 53.4 Å². The summed E-state index contributed by atoms with van der Waals surface area (Å²) in [4.78, 5) is 12.5. The molecule has 0 radical (unpaired) electrons. The Morgan fingerprint density at radius 2 is 1.93 bits per heavy atom. The molecule has 0 spiro atoms. The molecular formula is C20H21ClN2O4S. The number of ether oxygens (including phenoxy) is 1. The highest BCUT2D eigenvalue weighted by molar-refractivity contribution is 7.89. The lowest BCUT2D eigenvalue weighted by Gasteiger charge is -2.31. The molecule has 1 saturated heterocycles. The number of sulfonamides is 1. The fourth-order valence-corrected chi connectivity index (χ4v) is 6.33. The zero-order valence-corrected chi connectivity index (χ0v) is 16.9. The summed E-state index contributed by atoms with van der Waals surface area (Å²) in [6.07, 6.45) is 1.34. The SMILES string of the molecule is COc1ccc(Cl)cc1S(=O)(=O)N1C[C@@H]2C[C@H]1C[C@@H]2NC(=O)c1ccccc1. The van der Waals surface area contributed by atoms with E-state index in [0.29, 0.717) is 23.6 Å². The first-order valence-corrected chi connectivity index (χ1v) is 10.9. The molecule has 1 saturated carbocycles. The Hall–Kier alpha value is -2.09. The van der Waals surface area contributed by atoms with Crippen molar-refractivity contribution in [3.63, 3.8) is 0 Å². The van der Waals surface area contributed by atoms with E-state index < -0.39 is 10.0 Å². The number of carbonyl (C=O) groups excluding carboxylic acids is 1. The highest BCUT2D eigenvalue weighted by Gasteiger charge is 2.50. The van der Waals surface area contributed by atoms with Gasteiger partial charge in [-0.3, -0.25) is 4.79 Å². The van der Waals surface area contributed by atoms with Crippen LogP contribution in [0.25, 0.3) is 0 Å². The molecule has 6 nitrogen and oxygen atoms in total. The average molecular weight is 421 g/mol. The van der Waals surface area contributed by atoms with Gasteiger partial charge in [-0.1, -0.05) is 29.8 Å². The maximum Gasteiger partial charge on any atom is 0.251 e. The Morgan fingerprint density at radius 3 is 2.57 bits per heavy atom. The van der Waals surface area contributed by atoms with Crippen molar-refractivity contribution in [2.75, 3.05) is 13.7 Å². The molecule has 4 rings (SSSR count). The maximum atomic E-state index is 13.2. The molecule has 2 aromatic rings. The number of benzene rings is 2. The van der Waals surface area contributed by atoms with E-state index in [2.05, 4.69) is 5.32 Å². The molecule has 1 N–H and O–H groups in total. The van der Waals surface area contributed by atoms with E-state index in [1.54, 1.807) is 24.3 Å². The van der Waals surface area contributed by atoms with Crippen molar-refractivity contribution in [3.05, 3.63) is 59.1 Å². The molecule has 2 aromatic carbocycles. The second-order valence-electron chi connectivity index (χ2n) is 7.20. The third kappa shape index (κ3) is 3.38. The van der Waals surface area contributed by atoms with Crippen LogP contribution in [-0.4, -0.2) is 44.4 Å². The van der Waals surface area contributed by atoms with E-state index in [4.69, 9.17) is 16.3 Å². The summed E-state index contributed by atoms with van der Waals surface area (Å²) >= 11 is 6.02. The second kappa shape index (κ2) is 7.39. The van der Waals surface area contributed by atoms with Crippen LogP contribution in [0, 0.1) is 5.92 Å². The summed E-state index contributed by atoms with van der Waals surface area (Å²) < 4.78 is 33.2. The first-order chi connectivity index (χ1) is 13.4. The Morgan fingerprint density at radius 1 is 1.18 bits per heavy atom. The largest absolute Gasteiger partial charge is 0.495 e. The van der Waals surface area contributed by atoms with Crippen LogP contribution in [-0.2, 0) is 10.0 Å². The molecule has 2 bridgehead atoms. The van der Waals surface area contributed by atoms with Crippen molar-refractivity contribution >= 4 is 27.5 Å². The first-order valence-electron chi connectivity index (χ1n) is 9.11. The van der Waals surface area contributed by atoms with E-state index in [9.17, 15) is 13.2 Å². The number of methoxy groups -OCH3 is 1. The molecule has 0 aromatic heterocycles. The predicted molar refractivity (Wildman–Crippen MR) is 106 cm³/mol. The number of nitrogens with zero attached hydrogens (tertiary/aromatic N) is 1. The van der Waals surface area contributed by atoms with Crippen LogP contribution >= 0.6 is 11.6 Å². The zero-order valence-electron chi connectivity index (χ0n) is 15.3. The molecule has 1 aliphatic heterocycles. The standard InChI is InChI=1S/C20H21ClN2O4S/c1-27-18-8-7-15(21)10-19(18)28(25,26)23-12-14-9-16(23)11-17(14)22-20(24)13-5-3-2-4-6-13/h2-8,10,14,16-17H,9,11-12H2,1H3,(H,22,24)/t14-,16-,17-/m0/s1. The van der Waals surface area contributed by atoms with E-state index >= 15 is 0 Å². The Kier molecular flexibility index (Phi) is 5.07. The molecule has 1 amide bonds. The minimum Gasteiger partial charge on any atom is -0.495 e. The zero-order chi connectivity index (χ0) is 19.9. The van der Waals surface area contributed by atoms with Gasteiger partial charge in [-0.25, -0.2) is 8.42 Å². The lowest BCUT2D eigenvalue weighted by molar-refractivity contribution is 0.0919. The quantitative estimate of drug-likeness (QED) is 0.806. The maximum absolute atomic E-state index is 13.2. The van der Waals surface area contributed by atoms with E-state index in [1.165, 1.54) is 17.5 Å². The second-order valence-corrected chi connectivity index (χ2v) is 9.50. The minimum absolute atomic E-state index is 0.0228. The number of piperidine rings is 1. The van der Waals surface area contributed by atoms with Gasteiger partial charge in [-0.15, -0.1) is 0 Å². The molecule has 3 atom stereocenters. The van der Waals surface area contributed by atoms with Gasteiger partial charge in [-0.05, 0) is 49.1 Å². The summed E-state index contributed by atoms with van der Waals surface area (Å²) in [5, 5.41) is 3.41. The lowest BCUT2D eigenvalue weighted by atomic mass is 10.0. The Bertz CT molecular complexity index is 997. The Balaban J connectivity index is 1.50. The first kappa shape index (κ1) is 19.2. The van der Waals surface area contributed by atoms with Crippen molar-refractivity contribution in [2.45, 2.75) is 29.8 Å². The van der Waals surface area contributed by atoms with Crippen molar-refractivity contribution in [3.8, 4) is 5.75 Å². The van der Waals surface area contributed by atoms with Crippen molar-refractivity contribution < 1.29 is 17.9 Å². The van der Waals surface area contributed by atoms with Crippen LogP contribution in [0.5, 0.6) is 5.75 Å². The van der Waals surface area contributed by atoms with E-state index in [-0.39, 0.29) is 34.6 Å².